The number of rotatable bonds is 4. The first kappa shape index (κ1) is 25.2. The van der Waals surface area contributed by atoms with Crippen molar-refractivity contribution in [2.24, 2.45) is 5.73 Å². The molecule has 6 heteroatoms. The van der Waals surface area contributed by atoms with Crippen molar-refractivity contribution in [1.29, 1.82) is 0 Å². The molecule has 2 aromatic carbocycles. The summed E-state index contributed by atoms with van der Waals surface area (Å²) in [6.45, 7) is 6.54. The third kappa shape index (κ3) is 4.67. The van der Waals surface area contributed by atoms with Crippen LogP contribution < -0.4 is 11.1 Å². The van der Waals surface area contributed by atoms with Crippen molar-refractivity contribution in [1.82, 2.24) is 10.2 Å². The van der Waals surface area contributed by atoms with Crippen LogP contribution in [0.1, 0.15) is 23.6 Å². The van der Waals surface area contributed by atoms with Crippen molar-refractivity contribution in [2.75, 3.05) is 26.2 Å². The summed E-state index contributed by atoms with van der Waals surface area (Å²) in [6.07, 6.45) is 3.03. The van der Waals surface area contributed by atoms with E-state index in [1.807, 2.05) is 0 Å². The zero-order valence-electron chi connectivity index (χ0n) is 16.4. The van der Waals surface area contributed by atoms with Gasteiger partial charge in [0.1, 0.15) is 0 Å². The Morgan fingerprint density at radius 3 is 1.93 bits per heavy atom. The third-order valence-corrected chi connectivity index (χ3v) is 6.28. The average Bonchev–Trinajstić information content (AvgIpc) is 3.04. The summed E-state index contributed by atoms with van der Waals surface area (Å²) in [5, 5.41) is 3.50. The standard InChI is InChI=1S/C22H29N3.3ClH/c1-21(23,15-18-7-3-2-4-8-18)22(25-13-11-24-12-14-25)16-19-9-5-6-10-20(19)17-22;;;/h2-10,24H,11-17,23H2,1H3;3*1H. The summed E-state index contributed by atoms with van der Waals surface area (Å²) >= 11 is 0. The number of benzene rings is 2. The van der Waals surface area contributed by atoms with Gasteiger partial charge < -0.3 is 11.1 Å². The summed E-state index contributed by atoms with van der Waals surface area (Å²) in [6, 6.07) is 19.6. The van der Waals surface area contributed by atoms with E-state index in [9.17, 15) is 0 Å². The molecule has 156 valence electrons. The maximum atomic E-state index is 7.14. The zero-order valence-corrected chi connectivity index (χ0v) is 18.8. The highest BCUT2D eigenvalue weighted by Crippen LogP contribution is 2.42. The maximum Gasteiger partial charge on any atom is 0.0471 e. The van der Waals surface area contributed by atoms with Gasteiger partial charge in [-0.05, 0) is 42.9 Å². The first-order chi connectivity index (χ1) is 12.1. The topological polar surface area (TPSA) is 41.3 Å². The van der Waals surface area contributed by atoms with Crippen LogP contribution in [0, 0.1) is 0 Å². The fourth-order valence-corrected chi connectivity index (χ4v) is 4.86. The lowest BCUT2D eigenvalue weighted by atomic mass is 9.71. The molecule has 28 heavy (non-hydrogen) atoms. The van der Waals surface area contributed by atoms with Gasteiger partial charge in [-0.15, -0.1) is 37.2 Å². The molecule has 0 saturated carbocycles. The van der Waals surface area contributed by atoms with Crippen LogP contribution in [0.2, 0.25) is 0 Å². The van der Waals surface area contributed by atoms with Crippen LogP contribution in [0.15, 0.2) is 54.6 Å². The summed E-state index contributed by atoms with van der Waals surface area (Å²) in [5.74, 6) is 0. The Morgan fingerprint density at radius 1 is 0.893 bits per heavy atom. The van der Waals surface area contributed by atoms with Gasteiger partial charge in [-0.1, -0.05) is 54.6 Å². The second-order valence-corrected chi connectivity index (χ2v) is 7.97. The van der Waals surface area contributed by atoms with Gasteiger partial charge in [0.15, 0.2) is 0 Å². The van der Waals surface area contributed by atoms with Crippen LogP contribution in [0.5, 0.6) is 0 Å². The van der Waals surface area contributed by atoms with Crippen molar-refractivity contribution < 1.29 is 0 Å². The third-order valence-electron chi connectivity index (χ3n) is 6.28. The molecule has 2 aromatic rings. The maximum absolute atomic E-state index is 7.14. The molecule has 0 radical (unpaired) electrons. The van der Waals surface area contributed by atoms with Gasteiger partial charge in [0.2, 0.25) is 0 Å². The molecule has 1 saturated heterocycles. The second-order valence-electron chi connectivity index (χ2n) is 7.97. The van der Waals surface area contributed by atoms with Gasteiger partial charge >= 0.3 is 0 Å². The highest BCUT2D eigenvalue weighted by Gasteiger charge is 2.52. The van der Waals surface area contributed by atoms with Crippen LogP contribution >= 0.6 is 37.2 Å². The monoisotopic (exact) mass is 443 g/mol. The van der Waals surface area contributed by atoms with Crippen molar-refractivity contribution in [2.45, 2.75) is 37.3 Å². The zero-order chi connectivity index (χ0) is 17.3. The Labute approximate surface area is 187 Å². The number of nitrogens with zero attached hydrogens (tertiary/aromatic N) is 1. The molecule has 2 aliphatic rings. The minimum absolute atomic E-state index is 0. The summed E-state index contributed by atoms with van der Waals surface area (Å²) in [5.41, 5.74) is 11.1. The molecule has 0 amide bonds. The molecule has 4 rings (SSSR count). The Hall–Kier alpha value is -0.810. The fraction of sp³-hybridized carbons (Fsp3) is 0.455. The summed E-state index contributed by atoms with van der Waals surface area (Å²) in [4.78, 5) is 2.67. The van der Waals surface area contributed by atoms with Gasteiger partial charge in [-0.3, -0.25) is 4.90 Å². The van der Waals surface area contributed by atoms with Gasteiger partial charge in [0.25, 0.3) is 0 Å². The molecular weight excluding hydrogens is 413 g/mol. The number of fused-ring (bicyclic) bond motifs is 1. The van der Waals surface area contributed by atoms with E-state index in [0.717, 1.165) is 45.4 Å². The molecule has 1 heterocycles. The molecule has 1 fully saturated rings. The van der Waals surface area contributed by atoms with Crippen LogP contribution in [-0.4, -0.2) is 42.2 Å². The van der Waals surface area contributed by atoms with Gasteiger partial charge in [0.05, 0.1) is 0 Å². The quantitative estimate of drug-likeness (QED) is 0.756. The number of hydrogen-bond donors (Lipinski definition) is 2. The van der Waals surface area contributed by atoms with E-state index in [1.54, 1.807) is 0 Å². The van der Waals surface area contributed by atoms with E-state index in [1.165, 1.54) is 16.7 Å². The molecule has 1 aliphatic carbocycles. The van der Waals surface area contributed by atoms with E-state index < -0.39 is 0 Å². The van der Waals surface area contributed by atoms with Gasteiger partial charge in [-0.25, -0.2) is 0 Å². The molecule has 3 nitrogen and oxygen atoms in total. The Morgan fingerprint density at radius 2 is 1.39 bits per heavy atom. The largest absolute Gasteiger partial charge is 0.323 e. The number of nitrogens with one attached hydrogen (secondary N) is 1. The summed E-state index contributed by atoms with van der Waals surface area (Å²) in [7, 11) is 0. The van der Waals surface area contributed by atoms with Crippen LogP contribution in [-0.2, 0) is 19.3 Å². The summed E-state index contributed by atoms with van der Waals surface area (Å²) < 4.78 is 0. The number of piperazine rings is 1. The van der Waals surface area contributed by atoms with E-state index in [-0.39, 0.29) is 48.3 Å². The number of hydrogen-bond acceptors (Lipinski definition) is 3. The van der Waals surface area contributed by atoms with E-state index >= 15 is 0 Å². The van der Waals surface area contributed by atoms with E-state index in [0.29, 0.717) is 0 Å². The SMILES string of the molecule is CC(N)(Cc1ccccc1)C1(N2CCNCC2)Cc2ccccc2C1.Cl.Cl.Cl. The lowest BCUT2D eigenvalue weighted by Crippen LogP contribution is -2.71. The minimum Gasteiger partial charge on any atom is -0.323 e. The van der Waals surface area contributed by atoms with Crippen LogP contribution in [0.3, 0.4) is 0 Å². The molecule has 0 bridgehead atoms. The lowest BCUT2D eigenvalue weighted by molar-refractivity contribution is 0.0179. The molecule has 1 aliphatic heterocycles. The molecule has 1 unspecified atom stereocenters. The highest BCUT2D eigenvalue weighted by atomic mass is 35.5. The normalized spacial score (nSPS) is 19.9. The smallest absolute Gasteiger partial charge is 0.0471 e. The molecular formula is C22H32Cl3N3. The number of halogens is 3. The van der Waals surface area contributed by atoms with Crippen molar-refractivity contribution in [3.63, 3.8) is 0 Å². The fourth-order valence-electron chi connectivity index (χ4n) is 4.86. The van der Waals surface area contributed by atoms with Gasteiger partial charge in [-0.2, -0.15) is 0 Å². The lowest BCUT2D eigenvalue weighted by Gasteiger charge is -2.53. The average molecular weight is 445 g/mol. The van der Waals surface area contributed by atoms with E-state index in [2.05, 4.69) is 71.7 Å². The van der Waals surface area contributed by atoms with Gasteiger partial charge in [0, 0.05) is 37.3 Å². The van der Waals surface area contributed by atoms with Crippen LogP contribution in [0.25, 0.3) is 0 Å². The Bertz CT molecular complexity index is 706. The highest BCUT2D eigenvalue weighted by molar-refractivity contribution is 5.86. The first-order valence-corrected chi connectivity index (χ1v) is 9.46. The van der Waals surface area contributed by atoms with E-state index in [4.69, 9.17) is 5.73 Å². The minimum atomic E-state index is -0.287. The van der Waals surface area contributed by atoms with Crippen molar-refractivity contribution >= 4 is 37.2 Å². The van der Waals surface area contributed by atoms with Crippen LogP contribution in [0.4, 0.5) is 0 Å². The molecule has 0 aromatic heterocycles. The first-order valence-electron chi connectivity index (χ1n) is 9.46. The predicted molar refractivity (Wildman–Crippen MR) is 126 cm³/mol. The van der Waals surface area contributed by atoms with Crippen molar-refractivity contribution in [3.05, 3.63) is 71.3 Å². The Balaban J connectivity index is 0.00000131. The van der Waals surface area contributed by atoms with Crippen molar-refractivity contribution in [3.8, 4) is 0 Å². The molecule has 3 N–H and O–H groups in total. The Kier molecular flexibility index (Phi) is 9.27. The molecule has 0 spiro atoms. The second kappa shape index (κ2) is 10.3. The predicted octanol–water partition coefficient (Wildman–Crippen LogP) is 3.65. The number of nitrogens with two attached hydrogens (primary N) is 1. The molecule has 1 atom stereocenters.